The molecule has 0 unspecified atom stereocenters. The zero-order chi connectivity index (χ0) is 13.0. The smallest absolute Gasteiger partial charge is 0.170 e. The molecule has 1 heterocycles. The summed E-state index contributed by atoms with van der Waals surface area (Å²) in [4.78, 5) is 15.1. The molecule has 2 aromatic rings. The van der Waals surface area contributed by atoms with Crippen LogP contribution in [0.1, 0.15) is 21.7 Å². The van der Waals surface area contributed by atoms with Gasteiger partial charge in [0.05, 0.1) is 7.11 Å². The number of aldehydes is 1. The summed E-state index contributed by atoms with van der Waals surface area (Å²) in [6.45, 7) is 1.87. The molecule has 0 aliphatic rings. The van der Waals surface area contributed by atoms with Crippen LogP contribution in [0.15, 0.2) is 22.5 Å². The molecular formula is C12H12N2O2S2. The van der Waals surface area contributed by atoms with Crippen LogP contribution in [0.4, 0.5) is 0 Å². The molecule has 1 aromatic carbocycles. The van der Waals surface area contributed by atoms with Crippen LogP contribution < -0.4 is 4.74 Å². The number of aromatic nitrogens is 2. The standard InChI is InChI=1S/C12H12N2O2S2/c1-8-13-12(18-14-8)17-7-10-5-9(6-15)3-4-11(10)16-2/h3-6H,7H2,1-2H3. The molecule has 0 radical (unpaired) electrons. The Morgan fingerprint density at radius 2 is 2.33 bits per heavy atom. The van der Waals surface area contributed by atoms with Crippen molar-refractivity contribution in [1.29, 1.82) is 0 Å². The van der Waals surface area contributed by atoms with Crippen molar-refractivity contribution in [3.63, 3.8) is 0 Å². The molecule has 0 fully saturated rings. The first-order chi connectivity index (χ1) is 8.72. The quantitative estimate of drug-likeness (QED) is 0.622. The molecule has 0 spiro atoms. The number of aryl methyl sites for hydroxylation is 1. The van der Waals surface area contributed by atoms with Crippen LogP contribution >= 0.6 is 23.3 Å². The predicted molar refractivity (Wildman–Crippen MR) is 72.6 cm³/mol. The van der Waals surface area contributed by atoms with E-state index < -0.39 is 0 Å². The van der Waals surface area contributed by atoms with Crippen molar-refractivity contribution in [1.82, 2.24) is 9.36 Å². The van der Waals surface area contributed by atoms with Crippen molar-refractivity contribution in [3.8, 4) is 5.75 Å². The molecule has 1 aromatic heterocycles. The lowest BCUT2D eigenvalue weighted by atomic mass is 10.1. The van der Waals surface area contributed by atoms with Crippen LogP contribution in [-0.2, 0) is 5.75 Å². The zero-order valence-corrected chi connectivity index (χ0v) is 11.7. The maximum absolute atomic E-state index is 10.8. The van der Waals surface area contributed by atoms with Gasteiger partial charge in [-0.25, -0.2) is 4.98 Å². The van der Waals surface area contributed by atoms with Gasteiger partial charge in [0.2, 0.25) is 0 Å². The predicted octanol–water partition coefficient (Wildman–Crippen LogP) is 2.96. The van der Waals surface area contributed by atoms with E-state index in [9.17, 15) is 4.79 Å². The summed E-state index contributed by atoms with van der Waals surface area (Å²) in [5.74, 6) is 2.28. The second-order valence-electron chi connectivity index (χ2n) is 3.59. The third kappa shape index (κ3) is 3.08. The molecule has 0 saturated heterocycles. The van der Waals surface area contributed by atoms with Gasteiger partial charge in [0, 0.05) is 16.9 Å². The van der Waals surface area contributed by atoms with Crippen LogP contribution in [0.2, 0.25) is 0 Å². The van der Waals surface area contributed by atoms with Crippen LogP contribution in [0.3, 0.4) is 0 Å². The third-order valence-electron chi connectivity index (χ3n) is 2.30. The van der Waals surface area contributed by atoms with Gasteiger partial charge in [-0.1, -0.05) is 11.8 Å². The number of methoxy groups -OCH3 is 1. The van der Waals surface area contributed by atoms with E-state index in [2.05, 4.69) is 9.36 Å². The number of hydrogen-bond acceptors (Lipinski definition) is 6. The molecule has 0 N–H and O–H groups in total. The Balaban J connectivity index is 2.14. The Bertz CT molecular complexity index is 555. The van der Waals surface area contributed by atoms with Crippen molar-refractivity contribution >= 4 is 29.6 Å². The fourth-order valence-electron chi connectivity index (χ4n) is 1.46. The first-order valence-corrected chi connectivity index (χ1v) is 7.04. The minimum Gasteiger partial charge on any atom is -0.496 e. The fraction of sp³-hybridized carbons (Fsp3) is 0.250. The Kier molecular flexibility index (Phi) is 4.33. The normalized spacial score (nSPS) is 10.3. The largest absolute Gasteiger partial charge is 0.496 e. The van der Waals surface area contributed by atoms with E-state index in [0.29, 0.717) is 11.3 Å². The average Bonchev–Trinajstić information content (AvgIpc) is 2.81. The Labute approximate surface area is 114 Å². The second kappa shape index (κ2) is 5.97. The molecule has 94 valence electrons. The Morgan fingerprint density at radius 1 is 1.50 bits per heavy atom. The van der Waals surface area contributed by atoms with E-state index in [-0.39, 0.29) is 0 Å². The number of hydrogen-bond donors (Lipinski definition) is 0. The highest BCUT2D eigenvalue weighted by atomic mass is 32.2. The van der Waals surface area contributed by atoms with E-state index in [4.69, 9.17) is 4.74 Å². The molecule has 0 atom stereocenters. The summed E-state index contributed by atoms with van der Waals surface area (Å²) >= 11 is 2.98. The van der Waals surface area contributed by atoms with Crippen molar-refractivity contribution in [2.75, 3.05) is 7.11 Å². The fourth-order valence-corrected chi connectivity index (χ4v) is 3.09. The summed E-state index contributed by atoms with van der Waals surface area (Å²) < 4.78 is 10.3. The number of nitrogens with zero attached hydrogens (tertiary/aromatic N) is 2. The van der Waals surface area contributed by atoms with Gasteiger partial charge < -0.3 is 4.74 Å². The highest BCUT2D eigenvalue weighted by molar-refractivity contribution is 8.00. The number of benzene rings is 1. The van der Waals surface area contributed by atoms with Gasteiger partial charge in [-0.15, -0.1) is 0 Å². The first kappa shape index (κ1) is 13.0. The first-order valence-electron chi connectivity index (χ1n) is 5.28. The lowest BCUT2D eigenvalue weighted by Gasteiger charge is -2.07. The minimum absolute atomic E-state index is 0.653. The van der Waals surface area contributed by atoms with Crippen LogP contribution in [-0.4, -0.2) is 22.8 Å². The van der Waals surface area contributed by atoms with E-state index in [1.54, 1.807) is 24.9 Å². The topological polar surface area (TPSA) is 52.1 Å². The molecule has 2 rings (SSSR count). The number of rotatable bonds is 5. The summed E-state index contributed by atoms with van der Waals surface area (Å²) in [6, 6.07) is 5.40. The van der Waals surface area contributed by atoms with E-state index in [1.807, 2.05) is 19.1 Å². The van der Waals surface area contributed by atoms with Gasteiger partial charge in [-0.2, -0.15) is 4.37 Å². The van der Waals surface area contributed by atoms with Gasteiger partial charge in [0.25, 0.3) is 0 Å². The van der Waals surface area contributed by atoms with Gasteiger partial charge in [0.15, 0.2) is 4.34 Å². The van der Waals surface area contributed by atoms with Crippen LogP contribution in [0.25, 0.3) is 0 Å². The molecule has 18 heavy (non-hydrogen) atoms. The van der Waals surface area contributed by atoms with Gasteiger partial charge in [0.1, 0.15) is 17.9 Å². The second-order valence-corrected chi connectivity index (χ2v) is 5.56. The Hall–Kier alpha value is -1.40. The third-order valence-corrected chi connectivity index (χ3v) is 4.27. The zero-order valence-electron chi connectivity index (χ0n) is 10.0. The molecule has 0 bridgehead atoms. The van der Waals surface area contributed by atoms with Gasteiger partial charge in [-0.05, 0) is 36.7 Å². The van der Waals surface area contributed by atoms with E-state index in [1.165, 1.54) is 11.5 Å². The summed E-state index contributed by atoms with van der Waals surface area (Å²) in [6.07, 6.45) is 0.836. The highest BCUT2D eigenvalue weighted by Crippen LogP contribution is 2.29. The van der Waals surface area contributed by atoms with Gasteiger partial charge in [-0.3, -0.25) is 4.79 Å². The molecule has 6 heteroatoms. The SMILES string of the molecule is COc1ccc(C=O)cc1CSc1nc(C)ns1. The summed E-state index contributed by atoms with van der Waals surface area (Å²) in [5, 5.41) is 0. The highest BCUT2D eigenvalue weighted by Gasteiger charge is 2.07. The lowest BCUT2D eigenvalue weighted by Crippen LogP contribution is -1.92. The number of carbonyl (C=O) groups excluding carboxylic acids is 1. The van der Waals surface area contributed by atoms with E-state index in [0.717, 1.165) is 27.8 Å². The molecular weight excluding hydrogens is 268 g/mol. The van der Waals surface area contributed by atoms with Gasteiger partial charge >= 0.3 is 0 Å². The molecule has 0 aliphatic heterocycles. The molecule has 4 nitrogen and oxygen atoms in total. The average molecular weight is 280 g/mol. The monoisotopic (exact) mass is 280 g/mol. The van der Waals surface area contributed by atoms with Crippen molar-refractivity contribution in [2.45, 2.75) is 17.0 Å². The maximum atomic E-state index is 10.8. The number of thioether (sulfide) groups is 1. The maximum Gasteiger partial charge on any atom is 0.170 e. The molecule has 0 saturated carbocycles. The lowest BCUT2D eigenvalue weighted by molar-refractivity contribution is 0.112. The van der Waals surface area contributed by atoms with Crippen LogP contribution in [0, 0.1) is 6.92 Å². The number of carbonyl (C=O) groups is 1. The molecule has 0 amide bonds. The van der Waals surface area contributed by atoms with Crippen LogP contribution in [0.5, 0.6) is 5.75 Å². The van der Waals surface area contributed by atoms with E-state index >= 15 is 0 Å². The minimum atomic E-state index is 0.653. The number of ether oxygens (including phenoxy) is 1. The summed E-state index contributed by atoms with van der Waals surface area (Å²) in [5.41, 5.74) is 1.64. The Morgan fingerprint density at radius 3 is 2.94 bits per heavy atom. The van der Waals surface area contributed by atoms with Crippen molar-refractivity contribution in [3.05, 3.63) is 35.2 Å². The summed E-state index contributed by atoms with van der Waals surface area (Å²) in [7, 11) is 1.62. The molecule has 0 aliphatic carbocycles. The van der Waals surface area contributed by atoms with Crippen molar-refractivity contribution < 1.29 is 9.53 Å². The van der Waals surface area contributed by atoms with Crippen molar-refractivity contribution in [2.24, 2.45) is 0 Å².